The molecule has 3 N–H and O–H groups in total. The molecule has 0 bridgehead atoms. The summed E-state index contributed by atoms with van der Waals surface area (Å²) in [4.78, 5) is 0. The van der Waals surface area contributed by atoms with Crippen molar-refractivity contribution in [3.05, 3.63) is 0 Å². The van der Waals surface area contributed by atoms with E-state index in [1.165, 1.54) is 4.31 Å². The maximum atomic E-state index is 12.1. The van der Waals surface area contributed by atoms with Gasteiger partial charge in [0, 0.05) is 6.54 Å². The van der Waals surface area contributed by atoms with E-state index in [1.54, 1.807) is 20.8 Å². The van der Waals surface area contributed by atoms with Crippen molar-refractivity contribution in [2.45, 2.75) is 44.4 Å². The summed E-state index contributed by atoms with van der Waals surface area (Å²) in [5.74, 6) is -0.0553. The highest BCUT2D eigenvalue weighted by Gasteiger charge is 2.42. The molecule has 1 rings (SSSR count). The number of hydrogen-bond donors (Lipinski definition) is 2. The minimum atomic E-state index is -3.36. The van der Waals surface area contributed by atoms with E-state index in [-0.39, 0.29) is 5.84 Å². The monoisotopic (exact) mass is 233 g/mol. The van der Waals surface area contributed by atoms with Gasteiger partial charge in [0.15, 0.2) is 0 Å². The molecule has 6 heteroatoms. The van der Waals surface area contributed by atoms with Crippen LogP contribution in [0.5, 0.6) is 0 Å². The van der Waals surface area contributed by atoms with Gasteiger partial charge in [0.05, 0.1) is 10.8 Å². The Morgan fingerprint density at radius 3 is 2.40 bits per heavy atom. The Morgan fingerprint density at radius 1 is 1.47 bits per heavy atom. The van der Waals surface area contributed by atoms with Crippen LogP contribution < -0.4 is 5.73 Å². The predicted octanol–water partition coefficient (Wildman–Crippen LogP) is 0.515. The zero-order chi connectivity index (χ0) is 11.9. The van der Waals surface area contributed by atoms with Crippen LogP contribution >= 0.6 is 0 Å². The Morgan fingerprint density at radius 2 is 2.00 bits per heavy atom. The Balaban J connectivity index is 3.03. The Bertz CT molecular complexity index is 356. The lowest BCUT2D eigenvalue weighted by molar-refractivity contribution is 0.421. The van der Waals surface area contributed by atoms with Gasteiger partial charge in [-0.05, 0) is 33.6 Å². The first-order chi connectivity index (χ1) is 6.68. The topological polar surface area (TPSA) is 87.2 Å². The third-order valence-corrected chi connectivity index (χ3v) is 5.25. The normalized spacial score (nSPS) is 24.3. The lowest BCUT2D eigenvalue weighted by Crippen LogP contribution is -2.49. The minimum Gasteiger partial charge on any atom is -0.386 e. The van der Waals surface area contributed by atoms with Crippen LogP contribution in [-0.4, -0.2) is 35.9 Å². The molecule has 1 unspecified atom stereocenters. The lowest BCUT2D eigenvalue weighted by Gasteiger charge is -2.30. The molecule has 0 amide bonds. The van der Waals surface area contributed by atoms with E-state index < -0.39 is 20.8 Å². The molecule has 1 saturated heterocycles. The highest BCUT2D eigenvalue weighted by Crippen LogP contribution is 2.28. The van der Waals surface area contributed by atoms with Crippen molar-refractivity contribution in [2.75, 3.05) is 6.54 Å². The Labute approximate surface area is 91.2 Å². The summed E-state index contributed by atoms with van der Waals surface area (Å²) in [7, 11) is -3.36. The van der Waals surface area contributed by atoms with Crippen molar-refractivity contribution < 1.29 is 8.42 Å². The molecule has 0 radical (unpaired) electrons. The standard InChI is InChI=1S/C9H19N3O2S/c1-9(2,3)15(13,14)12-6-4-5-7(12)8(10)11/h7H,4-6H2,1-3H3,(H3,10,11). The van der Waals surface area contributed by atoms with E-state index in [0.29, 0.717) is 13.0 Å². The second-order valence-electron chi connectivity index (χ2n) is 4.84. The predicted molar refractivity (Wildman–Crippen MR) is 60.3 cm³/mol. The van der Waals surface area contributed by atoms with Crippen LogP contribution in [-0.2, 0) is 10.0 Å². The van der Waals surface area contributed by atoms with Gasteiger partial charge in [0.1, 0.15) is 5.84 Å². The smallest absolute Gasteiger partial charge is 0.219 e. The molecule has 1 atom stereocenters. The van der Waals surface area contributed by atoms with Crippen LogP contribution in [0.1, 0.15) is 33.6 Å². The number of amidine groups is 1. The quantitative estimate of drug-likeness (QED) is 0.538. The van der Waals surface area contributed by atoms with Gasteiger partial charge in [-0.1, -0.05) is 0 Å². The lowest BCUT2D eigenvalue weighted by atomic mass is 10.2. The van der Waals surface area contributed by atoms with Crippen LogP contribution in [0.4, 0.5) is 0 Å². The van der Waals surface area contributed by atoms with Crippen LogP contribution in [0, 0.1) is 5.41 Å². The van der Waals surface area contributed by atoms with Gasteiger partial charge in [-0.2, -0.15) is 4.31 Å². The number of nitrogens with one attached hydrogen (secondary N) is 1. The molecule has 5 nitrogen and oxygen atoms in total. The Hall–Kier alpha value is -0.620. The van der Waals surface area contributed by atoms with Crippen molar-refractivity contribution >= 4 is 15.9 Å². The molecular weight excluding hydrogens is 214 g/mol. The van der Waals surface area contributed by atoms with Crippen LogP contribution in [0.3, 0.4) is 0 Å². The average molecular weight is 233 g/mol. The summed E-state index contributed by atoms with van der Waals surface area (Å²) in [6.45, 7) is 5.47. The van der Waals surface area contributed by atoms with Crippen molar-refractivity contribution in [3.8, 4) is 0 Å². The molecule has 0 aromatic carbocycles. The molecule has 1 aliphatic rings. The minimum absolute atomic E-state index is 0.0553. The maximum Gasteiger partial charge on any atom is 0.219 e. The zero-order valence-corrected chi connectivity index (χ0v) is 10.3. The third-order valence-electron chi connectivity index (χ3n) is 2.65. The van der Waals surface area contributed by atoms with Gasteiger partial charge in [0.25, 0.3) is 0 Å². The molecule has 0 aromatic rings. The fraction of sp³-hybridized carbons (Fsp3) is 0.889. The van der Waals surface area contributed by atoms with E-state index in [2.05, 4.69) is 0 Å². The number of hydrogen-bond acceptors (Lipinski definition) is 3. The molecule has 0 spiro atoms. The second kappa shape index (κ2) is 3.75. The van der Waals surface area contributed by atoms with E-state index in [9.17, 15) is 8.42 Å². The second-order valence-corrected chi connectivity index (χ2v) is 7.49. The van der Waals surface area contributed by atoms with Gasteiger partial charge < -0.3 is 5.73 Å². The first kappa shape index (κ1) is 12.4. The summed E-state index contributed by atoms with van der Waals surface area (Å²) < 4.78 is 24.8. The summed E-state index contributed by atoms with van der Waals surface area (Å²) >= 11 is 0. The van der Waals surface area contributed by atoms with Crippen LogP contribution in [0.25, 0.3) is 0 Å². The largest absolute Gasteiger partial charge is 0.386 e. The molecule has 0 saturated carbocycles. The number of nitrogens with zero attached hydrogens (tertiary/aromatic N) is 1. The maximum absolute atomic E-state index is 12.1. The Kier molecular flexibility index (Phi) is 3.11. The van der Waals surface area contributed by atoms with Crippen LogP contribution in [0.15, 0.2) is 0 Å². The highest BCUT2D eigenvalue weighted by molar-refractivity contribution is 7.90. The summed E-state index contributed by atoms with van der Waals surface area (Å²) in [5.41, 5.74) is 5.41. The molecular formula is C9H19N3O2S. The van der Waals surface area contributed by atoms with Crippen molar-refractivity contribution in [1.29, 1.82) is 5.41 Å². The molecule has 1 fully saturated rings. The van der Waals surface area contributed by atoms with Gasteiger partial charge in [-0.15, -0.1) is 0 Å². The van der Waals surface area contributed by atoms with E-state index in [4.69, 9.17) is 11.1 Å². The zero-order valence-electron chi connectivity index (χ0n) is 9.45. The molecule has 1 heterocycles. The first-order valence-corrected chi connectivity index (χ1v) is 6.47. The average Bonchev–Trinajstić information content (AvgIpc) is 2.48. The summed E-state index contributed by atoms with van der Waals surface area (Å²) in [6.07, 6.45) is 1.43. The number of sulfonamides is 1. The van der Waals surface area contributed by atoms with Crippen molar-refractivity contribution in [1.82, 2.24) is 4.31 Å². The molecule has 1 aliphatic heterocycles. The molecule has 88 valence electrons. The fourth-order valence-electron chi connectivity index (χ4n) is 1.69. The number of nitrogens with two attached hydrogens (primary N) is 1. The number of rotatable bonds is 2. The van der Waals surface area contributed by atoms with Gasteiger partial charge >= 0.3 is 0 Å². The molecule has 0 aromatic heterocycles. The van der Waals surface area contributed by atoms with Gasteiger partial charge in [-0.25, -0.2) is 8.42 Å². The van der Waals surface area contributed by atoms with E-state index >= 15 is 0 Å². The van der Waals surface area contributed by atoms with Crippen molar-refractivity contribution in [3.63, 3.8) is 0 Å². The van der Waals surface area contributed by atoms with Gasteiger partial charge in [-0.3, -0.25) is 5.41 Å². The van der Waals surface area contributed by atoms with Gasteiger partial charge in [0.2, 0.25) is 10.0 Å². The highest BCUT2D eigenvalue weighted by atomic mass is 32.2. The summed E-state index contributed by atoms with van der Waals surface area (Å²) in [6, 6.07) is -0.436. The summed E-state index contributed by atoms with van der Waals surface area (Å²) in [5, 5.41) is 7.38. The molecule has 15 heavy (non-hydrogen) atoms. The van der Waals surface area contributed by atoms with Crippen LogP contribution in [0.2, 0.25) is 0 Å². The first-order valence-electron chi connectivity index (χ1n) is 5.03. The van der Waals surface area contributed by atoms with E-state index in [0.717, 1.165) is 6.42 Å². The SMILES string of the molecule is CC(C)(C)S(=O)(=O)N1CCCC1C(=N)N. The third kappa shape index (κ3) is 2.15. The molecule has 0 aliphatic carbocycles. The van der Waals surface area contributed by atoms with Crippen molar-refractivity contribution in [2.24, 2.45) is 5.73 Å². The van der Waals surface area contributed by atoms with E-state index in [1.807, 2.05) is 0 Å². The fourth-order valence-corrected chi connectivity index (χ4v) is 3.32.